The Hall–Kier alpha value is -1.73. The Morgan fingerprint density at radius 1 is 1.29 bits per heavy atom. The number of hydrogen-bond acceptors (Lipinski definition) is 5. The highest BCUT2D eigenvalue weighted by atomic mass is 35.5. The second-order valence-electron chi connectivity index (χ2n) is 3.87. The Kier molecular flexibility index (Phi) is 7.63. The molecular formula is C13H15ClN2O4S. The SMILES string of the molecule is CNC(=O)NC(=O)COC(=O)CSCc1ccccc1Cl. The molecule has 6 nitrogen and oxygen atoms in total. The number of urea groups is 1. The quantitative estimate of drug-likeness (QED) is 0.773. The lowest BCUT2D eigenvalue weighted by atomic mass is 10.2. The van der Waals surface area contributed by atoms with Gasteiger partial charge in [0.2, 0.25) is 0 Å². The molecular weight excluding hydrogens is 316 g/mol. The molecule has 0 spiro atoms. The van der Waals surface area contributed by atoms with Crippen LogP contribution in [-0.4, -0.2) is 37.3 Å². The van der Waals surface area contributed by atoms with E-state index in [0.717, 1.165) is 5.56 Å². The van der Waals surface area contributed by atoms with E-state index in [1.807, 2.05) is 23.5 Å². The summed E-state index contributed by atoms with van der Waals surface area (Å²) in [6, 6.07) is 6.69. The van der Waals surface area contributed by atoms with Crippen LogP contribution >= 0.6 is 23.4 Å². The van der Waals surface area contributed by atoms with Crippen LogP contribution in [0.3, 0.4) is 0 Å². The lowest BCUT2D eigenvalue weighted by Crippen LogP contribution is -2.39. The summed E-state index contributed by atoms with van der Waals surface area (Å²) in [6.45, 7) is -0.487. The highest BCUT2D eigenvalue weighted by molar-refractivity contribution is 7.99. The van der Waals surface area contributed by atoms with Crippen LogP contribution in [0.4, 0.5) is 4.79 Å². The fourth-order valence-corrected chi connectivity index (χ4v) is 2.38. The number of carbonyl (C=O) groups is 3. The van der Waals surface area contributed by atoms with E-state index in [4.69, 9.17) is 16.3 Å². The van der Waals surface area contributed by atoms with Crippen LogP contribution in [0.5, 0.6) is 0 Å². The van der Waals surface area contributed by atoms with Gasteiger partial charge in [0, 0.05) is 17.8 Å². The van der Waals surface area contributed by atoms with Gasteiger partial charge >= 0.3 is 12.0 Å². The zero-order chi connectivity index (χ0) is 15.7. The van der Waals surface area contributed by atoms with Crippen LogP contribution in [0, 0.1) is 0 Å². The first-order chi connectivity index (χ1) is 10.0. The molecule has 0 aliphatic heterocycles. The van der Waals surface area contributed by atoms with Crippen molar-refractivity contribution in [2.45, 2.75) is 5.75 Å². The van der Waals surface area contributed by atoms with Crippen LogP contribution in [0.1, 0.15) is 5.56 Å². The molecule has 21 heavy (non-hydrogen) atoms. The number of thioether (sulfide) groups is 1. The maximum atomic E-state index is 11.4. The van der Waals surface area contributed by atoms with Crippen molar-refractivity contribution in [1.82, 2.24) is 10.6 Å². The van der Waals surface area contributed by atoms with Crippen LogP contribution in [0.25, 0.3) is 0 Å². The molecule has 0 aliphatic rings. The molecule has 0 unspecified atom stereocenters. The average molecular weight is 331 g/mol. The van der Waals surface area contributed by atoms with E-state index in [0.29, 0.717) is 10.8 Å². The van der Waals surface area contributed by atoms with Crippen molar-refractivity contribution >= 4 is 41.3 Å². The standard InChI is InChI=1S/C13H15ClN2O4S/c1-15-13(19)16-11(17)6-20-12(18)8-21-7-9-4-2-3-5-10(9)14/h2-5H,6-8H2,1H3,(H2,15,16,17,19). The molecule has 1 aromatic carbocycles. The molecule has 0 bridgehead atoms. The molecule has 1 aromatic rings. The summed E-state index contributed by atoms with van der Waals surface area (Å²) in [5.74, 6) is -0.546. The van der Waals surface area contributed by atoms with E-state index in [-0.39, 0.29) is 5.75 Å². The number of amides is 3. The van der Waals surface area contributed by atoms with Gasteiger partial charge in [-0.1, -0.05) is 29.8 Å². The Morgan fingerprint density at radius 3 is 2.67 bits per heavy atom. The summed E-state index contributed by atoms with van der Waals surface area (Å²) >= 11 is 7.31. The molecule has 2 N–H and O–H groups in total. The highest BCUT2D eigenvalue weighted by Gasteiger charge is 2.10. The van der Waals surface area contributed by atoms with Crippen LogP contribution < -0.4 is 10.6 Å². The number of hydrogen-bond donors (Lipinski definition) is 2. The van der Waals surface area contributed by atoms with Crippen LogP contribution in [-0.2, 0) is 20.1 Å². The topological polar surface area (TPSA) is 84.5 Å². The second kappa shape index (κ2) is 9.25. The molecule has 0 saturated heterocycles. The minimum atomic E-state index is -0.682. The third-order valence-electron chi connectivity index (χ3n) is 2.28. The maximum Gasteiger partial charge on any atom is 0.321 e. The number of esters is 1. The van der Waals surface area contributed by atoms with Crippen LogP contribution in [0.15, 0.2) is 24.3 Å². The minimum absolute atomic E-state index is 0.0957. The summed E-state index contributed by atoms with van der Waals surface area (Å²) in [7, 11) is 1.37. The highest BCUT2D eigenvalue weighted by Crippen LogP contribution is 2.20. The predicted octanol–water partition coefficient (Wildman–Crippen LogP) is 1.57. The lowest BCUT2D eigenvalue weighted by molar-refractivity contribution is -0.145. The molecule has 0 radical (unpaired) electrons. The molecule has 3 amide bonds. The second-order valence-corrected chi connectivity index (χ2v) is 5.26. The summed E-state index contributed by atoms with van der Waals surface area (Å²) in [4.78, 5) is 33.4. The number of carbonyl (C=O) groups excluding carboxylic acids is 3. The third kappa shape index (κ3) is 7.01. The largest absolute Gasteiger partial charge is 0.455 e. The predicted molar refractivity (Wildman–Crippen MR) is 81.2 cm³/mol. The van der Waals surface area contributed by atoms with Crippen molar-refractivity contribution < 1.29 is 19.1 Å². The zero-order valence-corrected chi connectivity index (χ0v) is 12.9. The van der Waals surface area contributed by atoms with Gasteiger partial charge in [0.25, 0.3) is 5.91 Å². The van der Waals surface area contributed by atoms with Gasteiger partial charge in [-0.15, -0.1) is 11.8 Å². The maximum absolute atomic E-state index is 11.4. The number of halogens is 1. The van der Waals surface area contributed by atoms with Gasteiger partial charge < -0.3 is 10.1 Å². The number of rotatable bonds is 6. The molecule has 1 rings (SSSR count). The molecule has 0 atom stereocenters. The van der Waals surface area contributed by atoms with E-state index in [2.05, 4.69) is 5.32 Å². The molecule has 114 valence electrons. The summed E-state index contributed by atoms with van der Waals surface area (Å²) in [6.07, 6.45) is 0. The van der Waals surface area contributed by atoms with Gasteiger partial charge in [-0.2, -0.15) is 0 Å². The molecule has 0 saturated carbocycles. The Balaban J connectivity index is 2.21. The van der Waals surface area contributed by atoms with Gasteiger partial charge in [-0.05, 0) is 11.6 Å². The zero-order valence-electron chi connectivity index (χ0n) is 11.3. The average Bonchev–Trinajstić information content (AvgIpc) is 2.47. The van der Waals surface area contributed by atoms with Crippen molar-refractivity contribution in [2.24, 2.45) is 0 Å². The minimum Gasteiger partial charge on any atom is -0.455 e. The summed E-state index contributed by atoms with van der Waals surface area (Å²) in [5.41, 5.74) is 0.925. The van der Waals surface area contributed by atoms with Gasteiger partial charge in [0.15, 0.2) is 6.61 Å². The number of benzene rings is 1. The Labute approximate surface area is 131 Å². The van der Waals surface area contributed by atoms with Gasteiger partial charge in [0.1, 0.15) is 0 Å². The summed E-state index contributed by atoms with van der Waals surface area (Å²) in [5, 5.41) is 4.84. The molecule has 8 heteroatoms. The fraction of sp³-hybridized carbons (Fsp3) is 0.308. The first-order valence-electron chi connectivity index (χ1n) is 6.01. The van der Waals surface area contributed by atoms with Gasteiger partial charge in [0.05, 0.1) is 5.75 Å². The monoisotopic (exact) mass is 330 g/mol. The number of ether oxygens (including phenoxy) is 1. The fourth-order valence-electron chi connectivity index (χ4n) is 1.27. The Morgan fingerprint density at radius 2 is 2.00 bits per heavy atom. The van der Waals surface area contributed by atoms with Crippen molar-refractivity contribution in [1.29, 1.82) is 0 Å². The number of nitrogens with one attached hydrogen (secondary N) is 2. The van der Waals surface area contributed by atoms with Crippen LogP contribution in [0.2, 0.25) is 5.02 Å². The Bertz CT molecular complexity index is 525. The number of imide groups is 1. The van der Waals surface area contributed by atoms with E-state index in [1.165, 1.54) is 18.8 Å². The smallest absolute Gasteiger partial charge is 0.321 e. The van der Waals surface area contributed by atoms with Gasteiger partial charge in [-0.25, -0.2) is 4.79 Å². The first kappa shape index (κ1) is 17.3. The van der Waals surface area contributed by atoms with E-state index < -0.39 is 24.5 Å². The van der Waals surface area contributed by atoms with Crippen molar-refractivity contribution in [3.05, 3.63) is 34.9 Å². The lowest BCUT2D eigenvalue weighted by Gasteiger charge is -2.06. The molecule has 0 aliphatic carbocycles. The first-order valence-corrected chi connectivity index (χ1v) is 7.54. The van der Waals surface area contributed by atoms with E-state index in [1.54, 1.807) is 6.07 Å². The molecule has 0 heterocycles. The molecule has 0 aromatic heterocycles. The molecule has 0 fully saturated rings. The van der Waals surface area contributed by atoms with Crippen molar-refractivity contribution in [3.8, 4) is 0 Å². The van der Waals surface area contributed by atoms with E-state index in [9.17, 15) is 14.4 Å². The summed E-state index contributed by atoms with van der Waals surface area (Å²) < 4.78 is 4.73. The van der Waals surface area contributed by atoms with Gasteiger partial charge in [-0.3, -0.25) is 14.9 Å². The third-order valence-corrected chi connectivity index (χ3v) is 3.60. The normalized spacial score (nSPS) is 9.81. The van der Waals surface area contributed by atoms with Crippen molar-refractivity contribution in [3.63, 3.8) is 0 Å². The van der Waals surface area contributed by atoms with E-state index >= 15 is 0 Å². The van der Waals surface area contributed by atoms with Crippen molar-refractivity contribution in [2.75, 3.05) is 19.4 Å².